The normalized spacial score (nSPS) is 18.7. The number of hydrogen-bond donors (Lipinski definition) is 4. The standard InChI is InChI=1S/C34H30N2O8/c37-20-8-11-25-29(16-20)44-30-17-21(38)9-12-26(30)31(25)24-10-7-19(15-27(24)33(40)41)32(39)35-13-14-36-34(42)43-18-28-22-5-3-1-2-4-6-23(22)28/h7-12,15-17,22-23,28,37H,3-6,13-14,18H2,(H,35,39)(H,36,42)(H,40,41)/t22-,23+,28+. The highest BCUT2D eigenvalue weighted by molar-refractivity contribution is 6.09. The highest BCUT2D eigenvalue weighted by Gasteiger charge is 2.49. The maximum atomic E-state index is 12.9. The topological polar surface area (TPSA) is 155 Å². The number of phenols is 1. The lowest BCUT2D eigenvalue weighted by molar-refractivity contribution is 0.0697. The van der Waals surface area contributed by atoms with Crippen molar-refractivity contribution < 1.29 is 33.8 Å². The number of fused-ring (bicyclic) bond motifs is 3. The van der Waals surface area contributed by atoms with Crippen LogP contribution in [0.1, 0.15) is 46.4 Å². The number of benzene rings is 3. The van der Waals surface area contributed by atoms with Gasteiger partial charge in [-0.25, -0.2) is 9.59 Å². The van der Waals surface area contributed by atoms with Crippen LogP contribution in [0.3, 0.4) is 0 Å². The molecule has 44 heavy (non-hydrogen) atoms. The van der Waals surface area contributed by atoms with Gasteiger partial charge in [0.15, 0.2) is 5.43 Å². The van der Waals surface area contributed by atoms with Gasteiger partial charge in [0.05, 0.1) is 12.2 Å². The van der Waals surface area contributed by atoms with Crippen molar-refractivity contribution in [3.05, 3.63) is 75.9 Å². The first-order valence-electron chi connectivity index (χ1n) is 14.5. The zero-order valence-corrected chi connectivity index (χ0v) is 23.7. The van der Waals surface area contributed by atoms with Gasteiger partial charge in [0.2, 0.25) is 0 Å². The summed E-state index contributed by atoms with van der Waals surface area (Å²) >= 11 is 0. The molecule has 4 aliphatic rings. The van der Waals surface area contributed by atoms with Crippen molar-refractivity contribution >= 4 is 28.9 Å². The van der Waals surface area contributed by atoms with Crippen LogP contribution in [0.2, 0.25) is 0 Å². The Labute approximate surface area is 252 Å². The molecule has 1 aliphatic heterocycles. The van der Waals surface area contributed by atoms with Crippen LogP contribution in [0.15, 0.2) is 63.8 Å². The molecule has 0 saturated heterocycles. The predicted octanol–water partition coefficient (Wildman–Crippen LogP) is 4.86. The van der Waals surface area contributed by atoms with Gasteiger partial charge in [0.25, 0.3) is 5.91 Å². The molecule has 0 spiro atoms. The van der Waals surface area contributed by atoms with E-state index in [1.807, 2.05) is 0 Å². The minimum atomic E-state index is -1.25. The maximum Gasteiger partial charge on any atom is 0.407 e. The van der Waals surface area contributed by atoms with E-state index in [4.69, 9.17) is 9.15 Å². The summed E-state index contributed by atoms with van der Waals surface area (Å²) in [7, 11) is 0. The lowest BCUT2D eigenvalue weighted by Crippen LogP contribution is -2.35. The molecule has 2 aromatic rings. The van der Waals surface area contributed by atoms with Crippen LogP contribution in [0, 0.1) is 29.6 Å². The fraction of sp³-hybridized carbons (Fsp3) is 0.294. The fourth-order valence-corrected chi connectivity index (χ4v) is 6.18. The summed E-state index contributed by atoms with van der Waals surface area (Å²) in [6, 6.07) is 13.0. The van der Waals surface area contributed by atoms with E-state index in [0.29, 0.717) is 46.4 Å². The number of nitrogens with one attached hydrogen (secondary N) is 2. The highest BCUT2D eigenvalue weighted by atomic mass is 16.5. The van der Waals surface area contributed by atoms with E-state index in [1.54, 1.807) is 12.1 Å². The van der Waals surface area contributed by atoms with E-state index in [1.165, 1.54) is 42.5 Å². The number of alkyl carbamates (subject to hydrolysis) is 1. The Bertz CT molecular complexity index is 1850. The first-order chi connectivity index (χ1) is 21.3. The number of carbonyl (C=O) groups excluding carboxylic acids is 2. The molecule has 2 amide bonds. The Morgan fingerprint density at radius 1 is 0.909 bits per heavy atom. The molecule has 10 heteroatoms. The van der Waals surface area contributed by atoms with Gasteiger partial charge in [-0.3, -0.25) is 9.59 Å². The second-order valence-electron chi connectivity index (χ2n) is 11.1. The third kappa shape index (κ3) is 5.95. The lowest BCUT2D eigenvalue weighted by atomic mass is 9.90. The van der Waals surface area contributed by atoms with Gasteiger partial charge in [-0.15, -0.1) is 11.8 Å². The zero-order chi connectivity index (χ0) is 30.8. The number of carbonyl (C=O) groups is 3. The van der Waals surface area contributed by atoms with Crippen molar-refractivity contribution in [1.82, 2.24) is 10.6 Å². The molecular formula is C34H30N2O8. The van der Waals surface area contributed by atoms with Crippen molar-refractivity contribution in [1.29, 1.82) is 0 Å². The molecule has 0 unspecified atom stereocenters. The molecule has 10 nitrogen and oxygen atoms in total. The van der Waals surface area contributed by atoms with Crippen LogP contribution >= 0.6 is 0 Å². The second-order valence-corrected chi connectivity index (χ2v) is 11.1. The van der Waals surface area contributed by atoms with Gasteiger partial charge < -0.3 is 30.0 Å². The largest absolute Gasteiger partial charge is 0.508 e. The van der Waals surface area contributed by atoms with Crippen LogP contribution in [0.5, 0.6) is 5.75 Å². The SMILES string of the molecule is O=C(NCCNC(=O)c1ccc(-c2c3ccc(=O)cc-3oc3cc(O)ccc23)c(C(=O)O)c1)OC[C@H]1[C@@H]2CCC#CCC[C@@H]21. The van der Waals surface area contributed by atoms with Crippen LogP contribution in [-0.4, -0.2) is 47.9 Å². The summed E-state index contributed by atoms with van der Waals surface area (Å²) in [5.74, 6) is 6.27. The summed E-state index contributed by atoms with van der Waals surface area (Å²) in [5.41, 5.74) is 1.25. The lowest BCUT2D eigenvalue weighted by Gasteiger charge is -2.17. The Morgan fingerprint density at radius 2 is 1.64 bits per heavy atom. The summed E-state index contributed by atoms with van der Waals surface area (Å²) in [6.45, 7) is 0.623. The smallest absolute Gasteiger partial charge is 0.407 e. The van der Waals surface area contributed by atoms with Crippen LogP contribution in [-0.2, 0) is 4.74 Å². The highest BCUT2D eigenvalue weighted by Crippen LogP contribution is 2.52. The number of aromatic carboxylic acids is 1. The molecule has 4 N–H and O–H groups in total. The van der Waals surface area contributed by atoms with Gasteiger partial charge in [-0.05, 0) is 72.6 Å². The quantitative estimate of drug-likeness (QED) is 0.128. The molecule has 3 aliphatic carbocycles. The van der Waals surface area contributed by atoms with Crippen molar-refractivity contribution in [2.45, 2.75) is 25.7 Å². The third-order valence-corrected chi connectivity index (χ3v) is 8.38. The van der Waals surface area contributed by atoms with E-state index in [9.17, 15) is 29.4 Å². The number of phenolic OH excluding ortho intramolecular Hbond substituents is 1. The van der Waals surface area contributed by atoms with Gasteiger partial charge >= 0.3 is 12.1 Å². The monoisotopic (exact) mass is 594 g/mol. The molecule has 6 rings (SSSR count). The van der Waals surface area contributed by atoms with Gasteiger partial charge in [0, 0.05) is 60.1 Å². The van der Waals surface area contributed by atoms with E-state index < -0.39 is 18.0 Å². The first kappa shape index (κ1) is 28.8. The summed E-state index contributed by atoms with van der Waals surface area (Å²) in [5, 5.41) is 26.0. The minimum absolute atomic E-state index is 0.0556. The van der Waals surface area contributed by atoms with Gasteiger partial charge in [0.1, 0.15) is 17.1 Å². The molecule has 0 radical (unpaired) electrons. The number of carboxylic acids is 1. The molecule has 2 aromatic carbocycles. The van der Waals surface area contributed by atoms with Crippen molar-refractivity contribution in [2.24, 2.45) is 17.8 Å². The van der Waals surface area contributed by atoms with Crippen molar-refractivity contribution in [2.75, 3.05) is 19.7 Å². The molecule has 1 fully saturated rings. The third-order valence-electron chi connectivity index (χ3n) is 8.38. The van der Waals surface area contributed by atoms with Gasteiger partial charge in [-0.1, -0.05) is 6.07 Å². The van der Waals surface area contributed by atoms with Crippen molar-refractivity contribution in [3.63, 3.8) is 0 Å². The molecule has 1 saturated carbocycles. The van der Waals surface area contributed by atoms with Crippen molar-refractivity contribution in [3.8, 4) is 40.0 Å². The van der Waals surface area contributed by atoms with Gasteiger partial charge in [-0.2, -0.15) is 0 Å². The van der Waals surface area contributed by atoms with E-state index in [0.717, 1.165) is 25.7 Å². The number of aromatic hydroxyl groups is 1. The predicted molar refractivity (Wildman–Crippen MR) is 162 cm³/mol. The molecule has 0 aromatic heterocycles. The summed E-state index contributed by atoms with van der Waals surface area (Å²) < 4.78 is 11.2. The van der Waals surface area contributed by atoms with Crippen LogP contribution in [0.4, 0.5) is 4.79 Å². The molecule has 1 heterocycles. The second kappa shape index (κ2) is 12.1. The van der Waals surface area contributed by atoms with Crippen LogP contribution < -0.4 is 16.1 Å². The molecular weight excluding hydrogens is 564 g/mol. The fourth-order valence-electron chi connectivity index (χ4n) is 6.18. The Morgan fingerprint density at radius 3 is 2.39 bits per heavy atom. The number of hydrogen-bond acceptors (Lipinski definition) is 7. The zero-order valence-electron chi connectivity index (χ0n) is 23.7. The average molecular weight is 595 g/mol. The number of carboxylic acid groups (broad SMARTS) is 1. The first-order valence-corrected chi connectivity index (χ1v) is 14.5. The number of amides is 2. The molecule has 0 bridgehead atoms. The average Bonchev–Trinajstić information content (AvgIpc) is 3.64. The maximum absolute atomic E-state index is 12.9. The van der Waals surface area contributed by atoms with Crippen LogP contribution in [0.25, 0.3) is 33.4 Å². The minimum Gasteiger partial charge on any atom is -0.508 e. The summed E-state index contributed by atoms with van der Waals surface area (Å²) in [4.78, 5) is 49.5. The number of ether oxygens (including phenoxy) is 1. The number of rotatable bonds is 8. The molecule has 224 valence electrons. The Kier molecular flexibility index (Phi) is 7.94. The Balaban J connectivity index is 1.12. The van der Waals surface area contributed by atoms with E-state index in [-0.39, 0.29) is 46.7 Å². The van der Waals surface area contributed by atoms with E-state index >= 15 is 0 Å². The van der Waals surface area contributed by atoms with E-state index in [2.05, 4.69) is 22.5 Å². The Hall–Kier alpha value is -5.30. The molecule has 3 atom stereocenters. The summed E-state index contributed by atoms with van der Waals surface area (Å²) in [6.07, 6.45) is 3.34.